The van der Waals surface area contributed by atoms with Crippen molar-refractivity contribution in [1.82, 2.24) is 25.1 Å². The summed E-state index contributed by atoms with van der Waals surface area (Å²) in [5.41, 5.74) is 0.175. The molecule has 10 heteroatoms. The fourth-order valence-corrected chi connectivity index (χ4v) is 3.16. The maximum Gasteiger partial charge on any atom is 0.306 e. The molecule has 1 amide bonds. The Balaban J connectivity index is 1.74. The molecule has 2 N–H and O–H groups in total. The van der Waals surface area contributed by atoms with E-state index in [9.17, 15) is 14.4 Å². The molecule has 1 saturated heterocycles. The Morgan fingerprint density at radius 1 is 1.44 bits per heavy atom. The largest absolute Gasteiger partial charge is 0.459 e. The van der Waals surface area contributed by atoms with Crippen molar-refractivity contribution in [3.63, 3.8) is 0 Å². The number of rotatable bonds is 6. The van der Waals surface area contributed by atoms with Gasteiger partial charge in [-0.05, 0) is 13.3 Å². The van der Waals surface area contributed by atoms with Gasteiger partial charge in [-0.2, -0.15) is 5.10 Å². The second-order valence-electron chi connectivity index (χ2n) is 6.45. The summed E-state index contributed by atoms with van der Waals surface area (Å²) in [6.07, 6.45) is 1.37. The minimum Gasteiger partial charge on any atom is -0.459 e. The molecule has 27 heavy (non-hydrogen) atoms. The van der Waals surface area contributed by atoms with Crippen LogP contribution in [0.4, 0.5) is 0 Å². The predicted molar refractivity (Wildman–Crippen MR) is 94.9 cm³/mol. The van der Waals surface area contributed by atoms with Crippen LogP contribution in [0.25, 0.3) is 11.0 Å². The van der Waals surface area contributed by atoms with Gasteiger partial charge in [-0.15, -0.1) is 0 Å². The Kier molecular flexibility index (Phi) is 5.54. The van der Waals surface area contributed by atoms with Crippen molar-refractivity contribution in [2.24, 2.45) is 0 Å². The summed E-state index contributed by atoms with van der Waals surface area (Å²) >= 11 is 0. The molecule has 0 bridgehead atoms. The molecule has 2 aromatic rings. The van der Waals surface area contributed by atoms with Crippen LogP contribution in [0, 0.1) is 6.92 Å². The first-order chi connectivity index (χ1) is 12.9. The fraction of sp³-hybridized carbons (Fsp3) is 0.588. The lowest BCUT2D eigenvalue weighted by molar-refractivity contribution is -0.153. The Bertz CT molecular complexity index is 905. The average molecular weight is 377 g/mol. The number of nitrogens with one attached hydrogen (secondary N) is 2. The number of aromatic amines is 1. The van der Waals surface area contributed by atoms with Gasteiger partial charge in [0.1, 0.15) is 17.3 Å². The highest BCUT2D eigenvalue weighted by Crippen LogP contribution is 2.33. The lowest BCUT2D eigenvalue weighted by atomic mass is 10.1. The van der Waals surface area contributed by atoms with Crippen LogP contribution >= 0.6 is 0 Å². The number of carbonyl (C=O) groups excluding carboxylic acids is 2. The topological polar surface area (TPSA) is 128 Å². The lowest BCUT2D eigenvalue weighted by Crippen LogP contribution is -2.27. The van der Waals surface area contributed by atoms with Crippen LogP contribution < -0.4 is 10.9 Å². The van der Waals surface area contributed by atoms with Crippen molar-refractivity contribution >= 4 is 22.9 Å². The summed E-state index contributed by atoms with van der Waals surface area (Å²) in [4.78, 5) is 42.3. The highest BCUT2D eigenvalue weighted by Gasteiger charge is 2.39. The summed E-state index contributed by atoms with van der Waals surface area (Å²) in [7, 11) is 1.52. The maximum absolute atomic E-state index is 12.0. The first kappa shape index (κ1) is 19.0. The number of nitrogens with zero attached hydrogens (tertiary/aromatic N) is 3. The number of hydrogen-bond donors (Lipinski definition) is 2. The van der Waals surface area contributed by atoms with Crippen molar-refractivity contribution in [3.05, 3.63) is 22.4 Å². The van der Waals surface area contributed by atoms with Crippen LogP contribution in [0.15, 0.2) is 11.0 Å². The van der Waals surface area contributed by atoms with E-state index < -0.39 is 18.3 Å². The standard InChI is InChI=1S/C17H23N5O5/c1-4-11-12(27-15(24)6-5-13(23)18-3)7-14(26-11)22-16-10(8-19-22)17(25)21-9(2)20-16/h8,11-12,14H,4-7H2,1-3H3,(H,18,23)(H,20,21,25)/t11-,12-,14-/m1/s1. The molecule has 3 atom stereocenters. The van der Waals surface area contributed by atoms with E-state index in [4.69, 9.17) is 9.47 Å². The maximum atomic E-state index is 12.0. The van der Waals surface area contributed by atoms with Gasteiger partial charge in [0.15, 0.2) is 11.9 Å². The van der Waals surface area contributed by atoms with Gasteiger partial charge in [-0.1, -0.05) is 6.92 Å². The monoisotopic (exact) mass is 377 g/mol. The third-order valence-corrected chi connectivity index (χ3v) is 4.56. The molecule has 3 rings (SSSR count). The molecular weight excluding hydrogens is 354 g/mol. The smallest absolute Gasteiger partial charge is 0.306 e. The Hall–Kier alpha value is -2.75. The summed E-state index contributed by atoms with van der Waals surface area (Å²) in [6, 6.07) is 0. The van der Waals surface area contributed by atoms with Gasteiger partial charge in [0, 0.05) is 19.9 Å². The van der Waals surface area contributed by atoms with E-state index in [2.05, 4.69) is 20.4 Å². The molecule has 0 spiro atoms. The number of esters is 1. The average Bonchev–Trinajstić information content (AvgIpc) is 3.23. The SMILES string of the molecule is CC[C@H]1O[C@@H](n2ncc3c(=O)[nH]c(C)nc32)C[C@H]1OC(=O)CCC(=O)NC. The van der Waals surface area contributed by atoms with E-state index in [1.165, 1.54) is 13.2 Å². The van der Waals surface area contributed by atoms with E-state index in [1.807, 2.05) is 6.92 Å². The zero-order valence-corrected chi connectivity index (χ0v) is 15.5. The lowest BCUT2D eigenvalue weighted by Gasteiger charge is -2.17. The summed E-state index contributed by atoms with van der Waals surface area (Å²) in [5.74, 6) is -0.173. The number of amides is 1. The molecule has 0 aliphatic carbocycles. The van der Waals surface area contributed by atoms with Crippen molar-refractivity contribution in [2.75, 3.05) is 7.05 Å². The van der Waals surface area contributed by atoms with E-state index >= 15 is 0 Å². The Morgan fingerprint density at radius 3 is 2.93 bits per heavy atom. The molecule has 1 aliphatic rings. The van der Waals surface area contributed by atoms with Crippen molar-refractivity contribution < 1.29 is 19.1 Å². The molecule has 146 valence electrons. The van der Waals surface area contributed by atoms with E-state index in [-0.39, 0.29) is 30.4 Å². The zero-order chi connectivity index (χ0) is 19.6. The summed E-state index contributed by atoms with van der Waals surface area (Å²) in [6.45, 7) is 3.63. The van der Waals surface area contributed by atoms with E-state index in [1.54, 1.807) is 11.6 Å². The van der Waals surface area contributed by atoms with Crippen LogP contribution in [0.3, 0.4) is 0 Å². The van der Waals surface area contributed by atoms with Gasteiger partial charge in [-0.3, -0.25) is 14.4 Å². The molecule has 0 radical (unpaired) electrons. The van der Waals surface area contributed by atoms with Gasteiger partial charge >= 0.3 is 5.97 Å². The number of ether oxygens (including phenoxy) is 2. The van der Waals surface area contributed by atoms with Crippen LogP contribution in [0.1, 0.15) is 44.7 Å². The second kappa shape index (κ2) is 7.87. The molecule has 1 aliphatic heterocycles. The Labute approximate surface area is 155 Å². The molecule has 0 saturated carbocycles. The first-order valence-corrected chi connectivity index (χ1v) is 8.92. The number of aromatic nitrogens is 4. The third-order valence-electron chi connectivity index (χ3n) is 4.56. The molecule has 0 unspecified atom stereocenters. The quantitative estimate of drug-likeness (QED) is 0.704. The minimum absolute atomic E-state index is 0.0120. The van der Waals surface area contributed by atoms with Crippen LogP contribution in [-0.4, -0.2) is 50.9 Å². The van der Waals surface area contributed by atoms with Crippen molar-refractivity contribution in [2.45, 2.75) is 58.0 Å². The fourth-order valence-electron chi connectivity index (χ4n) is 3.16. The zero-order valence-electron chi connectivity index (χ0n) is 15.5. The van der Waals surface area contributed by atoms with Crippen LogP contribution in [0.2, 0.25) is 0 Å². The van der Waals surface area contributed by atoms with Gasteiger partial charge in [0.2, 0.25) is 5.91 Å². The van der Waals surface area contributed by atoms with Gasteiger partial charge in [0.25, 0.3) is 5.56 Å². The van der Waals surface area contributed by atoms with Crippen LogP contribution in [0.5, 0.6) is 0 Å². The van der Waals surface area contributed by atoms with Gasteiger partial charge in [-0.25, -0.2) is 9.67 Å². The summed E-state index contributed by atoms with van der Waals surface area (Å²) < 4.78 is 13.1. The highest BCUT2D eigenvalue weighted by atomic mass is 16.6. The van der Waals surface area contributed by atoms with Crippen molar-refractivity contribution in [3.8, 4) is 0 Å². The third kappa shape index (κ3) is 4.00. The molecular formula is C17H23N5O5. The van der Waals surface area contributed by atoms with Crippen LogP contribution in [-0.2, 0) is 19.1 Å². The molecule has 3 heterocycles. The molecule has 2 aromatic heterocycles. The molecule has 0 aromatic carbocycles. The number of H-pyrrole nitrogens is 1. The van der Waals surface area contributed by atoms with Gasteiger partial charge in [0.05, 0.1) is 18.7 Å². The van der Waals surface area contributed by atoms with E-state index in [0.29, 0.717) is 29.7 Å². The number of carbonyl (C=O) groups is 2. The molecule has 1 fully saturated rings. The number of hydrogen-bond acceptors (Lipinski definition) is 7. The van der Waals surface area contributed by atoms with Gasteiger partial charge < -0.3 is 19.8 Å². The summed E-state index contributed by atoms with van der Waals surface area (Å²) in [5, 5.41) is 7.09. The second-order valence-corrected chi connectivity index (χ2v) is 6.45. The highest BCUT2D eigenvalue weighted by molar-refractivity contribution is 5.81. The van der Waals surface area contributed by atoms with E-state index in [0.717, 1.165) is 0 Å². The minimum atomic E-state index is -0.488. The molecule has 10 nitrogen and oxygen atoms in total. The normalized spacial score (nSPS) is 22.1. The van der Waals surface area contributed by atoms with Crippen molar-refractivity contribution in [1.29, 1.82) is 0 Å². The Morgan fingerprint density at radius 2 is 2.22 bits per heavy atom. The number of fused-ring (bicyclic) bond motifs is 1. The number of aryl methyl sites for hydroxylation is 1. The first-order valence-electron chi connectivity index (χ1n) is 8.92. The predicted octanol–water partition coefficient (Wildman–Crippen LogP) is 0.564.